The molecular weight excluding hydrogens is 336 g/mol. The summed E-state index contributed by atoms with van der Waals surface area (Å²) in [6, 6.07) is 5.20. The zero-order valence-corrected chi connectivity index (χ0v) is 15.8. The van der Waals surface area contributed by atoms with Crippen LogP contribution in [0.5, 0.6) is 17.2 Å². The number of nitrogens with one attached hydrogen (secondary N) is 1. The van der Waals surface area contributed by atoms with E-state index in [1.165, 1.54) is 0 Å². The van der Waals surface area contributed by atoms with E-state index in [0.717, 1.165) is 11.5 Å². The number of carbonyl (C=O) groups is 1. The molecule has 0 spiro atoms. The smallest absolute Gasteiger partial charge is 0.251 e. The first-order valence-electron chi connectivity index (χ1n) is 8.85. The van der Waals surface area contributed by atoms with Crippen molar-refractivity contribution in [2.24, 2.45) is 0 Å². The predicted molar refractivity (Wildman–Crippen MR) is 97.2 cm³/mol. The zero-order chi connectivity index (χ0) is 18.9. The number of hydrogen-bond acceptors (Lipinski definition) is 6. The van der Waals surface area contributed by atoms with E-state index in [-0.39, 0.29) is 5.91 Å². The fourth-order valence-corrected chi connectivity index (χ4v) is 2.46. The fraction of sp³-hybridized carbons (Fsp3) is 0.474. The van der Waals surface area contributed by atoms with E-state index < -0.39 is 0 Å². The van der Waals surface area contributed by atoms with Crippen molar-refractivity contribution in [1.82, 2.24) is 10.5 Å². The second-order valence-electron chi connectivity index (χ2n) is 5.54. The molecule has 7 nitrogen and oxygen atoms in total. The highest BCUT2D eigenvalue weighted by Crippen LogP contribution is 2.39. The number of aryl methyl sites for hydroxylation is 1. The average Bonchev–Trinajstić information content (AvgIpc) is 3.03. The van der Waals surface area contributed by atoms with Crippen molar-refractivity contribution in [1.29, 1.82) is 0 Å². The number of hydrogen-bond donors (Lipinski definition) is 1. The first kappa shape index (κ1) is 19.6. The van der Waals surface area contributed by atoms with Gasteiger partial charge in [-0.1, -0.05) is 5.16 Å². The van der Waals surface area contributed by atoms with Crippen molar-refractivity contribution < 1.29 is 23.5 Å². The first-order valence-corrected chi connectivity index (χ1v) is 8.85. The molecule has 0 radical (unpaired) electrons. The van der Waals surface area contributed by atoms with Crippen LogP contribution in [-0.2, 0) is 6.42 Å². The van der Waals surface area contributed by atoms with E-state index in [9.17, 15) is 4.79 Å². The van der Waals surface area contributed by atoms with Crippen LogP contribution in [0.25, 0.3) is 0 Å². The molecule has 0 unspecified atom stereocenters. The minimum Gasteiger partial charge on any atom is -0.490 e. The lowest BCUT2D eigenvalue weighted by molar-refractivity contribution is 0.0952. The number of amides is 1. The highest BCUT2D eigenvalue weighted by molar-refractivity contribution is 5.95. The van der Waals surface area contributed by atoms with Gasteiger partial charge >= 0.3 is 0 Å². The van der Waals surface area contributed by atoms with E-state index in [4.69, 9.17) is 18.7 Å². The van der Waals surface area contributed by atoms with Crippen LogP contribution in [-0.4, -0.2) is 37.4 Å². The number of aromatic nitrogens is 1. The zero-order valence-electron chi connectivity index (χ0n) is 15.8. The monoisotopic (exact) mass is 362 g/mol. The summed E-state index contributed by atoms with van der Waals surface area (Å²) in [4.78, 5) is 12.5. The van der Waals surface area contributed by atoms with Crippen molar-refractivity contribution in [2.45, 2.75) is 34.1 Å². The Kier molecular flexibility index (Phi) is 7.32. The van der Waals surface area contributed by atoms with Crippen LogP contribution in [0.4, 0.5) is 0 Å². The maximum absolute atomic E-state index is 12.5. The Hall–Kier alpha value is -2.70. The molecule has 0 aliphatic rings. The van der Waals surface area contributed by atoms with Gasteiger partial charge in [-0.2, -0.15) is 0 Å². The van der Waals surface area contributed by atoms with Gasteiger partial charge in [0.25, 0.3) is 5.91 Å². The summed E-state index contributed by atoms with van der Waals surface area (Å²) in [5, 5.41) is 6.79. The van der Waals surface area contributed by atoms with Gasteiger partial charge in [-0.3, -0.25) is 4.79 Å². The number of rotatable bonds is 10. The van der Waals surface area contributed by atoms with Gasteiger partial charge in [0.05, 0.1) is 25.5 Å². The largest absolute Gasteiger partial charge is 0.490 e. The minimum atomic E-state index is -0.213. The maximum atomic E-state index is 12.5. The lowest BCUT2D eigenvalue weighted by Crippen LogP contribution is -2.26. The molecule has 7 heteroatoms. The Labute approximate surface area is 153 Å². The normalized spacial score (nSPS) is 10.5. The van der Waals surface area contributed by atoms with Crippen molar-refractivity contribution in [3.63, 3.8) is 0 Å². The van der Waals surface area contributed by atoms with Crippen LogP contribution in [0.3, 0.4) is 0 Å². The molecular formula is C19H26N2O5. The molecule has 26 heavy (non-hydrogen) atoms. The lowest BCUT2D eigenvalue weighted by atomic mass is 10.1. The molecule has 1 heterocycles. The fourth-order valence-electron chi connectivity index (χ4n) is 2.46. The molecule has 1 amide bonds. The number of nitrogens with zero attached hydrogens (tertiary/aromatic N) is 1. The minimum absolute atomic E-state index is 0.213. The standard InChI is InChI=1S/C19H26N2O5/c1-5-23-16-11-14(12-17(24-6-2)18(16)25-7-3)19(22)20-9-8-15-10-13(4)26-21-15/h10-12H,5-9H2,1-4H3,(H,20,22). The van der Waals surface area contributed by atoms with Crippen LogP contribution in [0.15, 0.2) is 22.7 Å². The Morgan fingerprint density at radius 2 is 1.65 bits per heavy atom. The highest BCUT2D eigenvalue weighted by atomic mass is 16.5. The molecule has 0 aliphatic carbocycles. The topological polar surface area (TPSA) is 82.8 Å². The lowest BCUT2D eigenvalue weighted by Gasteiger charge is -2.17. The number of ether oxygens (including phenoxy) is 3. The van der Waals surface area contributed by atoms with Crippen LogP contribution in [0.2, 0.25) is 0 Å². The summed E-state index contributed by atoms with van der Waals surface area (Å²) in [5.74, 6) is 2.05. The Bertz CT molecular complexity index is 699. The van der Waals surface area contributed by atoms with E-state index in [1.54, 1.807) is 12.1 Å². The van der Waals surface area contributed by atoms with Gasteiger partial charge in [-0.05, 0) is 39.8 Å². The van der Waals surface area contributed by atoms with E-state index in [0.29, 0.717) is 55.6 Å². The van der Waals surface area contributed by atoms with Crippen molar-refractivity contribution >= 4 is 5.91 Å². The molecule has 0 aliphatic heterocycles. The molecule has 0 bridgehead atoms. The van der Waals surface area contributed by atoms with Gasteiger partial charge in [-0.25, -0.2) is 0 Å². The van der Waals surface area contributed by atoms with Crippen molar-refractivity contribution in [3.8, 4) is 17.2 Å². The van der Waals surface area contributed by atoms with Crippen LogP contribution in [0, 0.1) is 6.92 Å². The van der Waals surface area contributed by atoms with Crippen LogP contribution < -0.4 is 19.5 Å². The summed E-state index contributed by atoms with van der Waals surface area (Å²) in [5.41, 5.74) is 1.26. The molecule has 0 saturated carbocycles. The maximum Gasteiger partial charge on any atom is 0.251 e. The molecule has 0 saturated heterocycles. The molecule has 1 aromatic heterocycles. The SMILES string of the molecule is CCOc1cc(C(=O)NCCc2cc(C)on2)cc(OCC)c1OCC. The van der Waals surface area contributed by atoms with Gasteiger partial charge < -0.3 is 24.1 Å². The van der Waals surface area contributed by atoms with E-state index in [2.05, 4.69) is 10.5 Å². The molecule has 142 valence electrons. The second kappa shape index (κ2) is 9.70. The summed E-state index contributed by atoms with van der Waals surface area (Å²) < 4.78 is 21.9. The highest BCUT2D eigenvalue weighted by Gasteiger charge is 2.18. The Morgan fingerprint density at radius 3 is 2.15 bits per heavy atom. The van der Waals surface area contributed by atoms with Crippen LogP contribution >= 0.6 is 0 Å². The van der Waals surface area contributed by atoms with E-state index >= 15 is 0 Å². The second-order valence-corrected chi connectivity index (χ2v) is 5.54. The molecule has 2 rings (SSSR count). The van der Waals surface area contributed by atoms with Crippen molar-refractivity contribution in [2.75, 3.05) is 26.4 Å². The molecule has 0 fully saturated rings. The van der Waals surface area contributed by atoms with Gasteiger partial charge in [0, 0.05) is 24.6 Å². The average molecular weight is 362 g/mol. The first-order chi connectivity index (χ1) is 12.6. The van der Waals surface area contributed by atoms with E-state index in [1.807, 2.05) is 33.8 Å². The van der Waals surface area contributed by atoms with Gasteiger partial charge in [0.15, 0.2) is 11.5 Å². The Morgan fingerprint density at radius 1 is 1.04 bits per heavy atom. The molecule has 2 aromatic rings. The molecule has 1 N–H and O–H groups in total. The summed E-state index contributed by atoms with van der Waals surface area (Å²) in [7, 11) is 0. The summed E-state index contributed by atoms with van der Waals surface area (Å²) in [6.45, 7) is 9.32. The number of benzene rings is 1. The summed E-state index contributed by atoms with van der Waals surface area (Å²) >= 11 is 0. The Balaban J connectivity index is 2.13. The third-order valence-corrected chi connectivity index (χ3v) is 3.51. The van der Waals surface area contributed by atoms with Crippen molar-refractivity contribution in [3.05, 3.63) is 35.2 Å². The van der Waals surface area contributed by atoms with Gasteiger partial charge in [-0.15, -0.1) is 0 Å². The van der Waals surface area contributed by atoms with Gasteiger partial charge in [0.1, 0.15) is 5.76 Å². The van der Waals surface area contributed by atoms with Gasteiger partial charge in [0.2, 0.25) is 5.75 Å². The third kappa shape index (κ3) is 5.15. The molecule has 1 aromatic carbocycles. The predicted octanol–water partition coefficient (Wildman–Crippen LogP) is 3.15. The summed E-state index contributed by atoms with van der Waals surface area (Å²) in [6.07, 6.45) is 0.594. The van der Waals surface area contributed by atoms with Crippen LogP contribution in [0.1, 0.15) is 42.6 Å². The quantitative estimate of drug-likeness (QED) is 0.699. The third-order valence-electron chi connectivity index (χ3n) is 3.51. The molecule has 0 atom stereocenters. The number of carbonyl (C=O) groups excluding carboxylic acids is 1.